The topological polar surface area (TPSA) is 12.0 Å². The van der Waals surface area contributed by atoms with Crippen LogP contribution in [0.25, 0.3) is 0 Å². The fourth-order valence-corrected chi connectivity index (χ4v) is 3.99. The van der Waals surface area contributed by atoms with Crippen molar-refractivity contribution in [1.82, 2.24) is 5.32 Å². The smallest absolute Gasteiger partial charge is 0.0453 e. The molecule has 118 valence electrons. The van der Waals surface area contributed by atoms with Crippen molar-refractivity contribution in [2.45, 2.75) is 58.4 Å². The molecule has 3 atom stereocenters. The van der Waals surface area contributed by atoms with E-state index in [-0.39, 0.29) is 0 Å². The molecule has 1 nitrogen and oxygen atoms in total. The second kappa shape index (κ2) is 8.41. The highest BCUT2D eigenvalue weighted by Crippen LogP contribution is 2.36. The van der Waals surface area contributed by atoms with Crippen LogP contribution in [-0.4, -0.2) is 12.6 Å². The molecular formula is C18H27Cl2N. The fraction of sp³-hybridized carbons (Fsp3) is 0.667. The lowest BCUT2D eigenvalue weighted by Crippen LogP contribution is -2.37. The number of benzene rings is 1. The minimum Gasteiger partial charge on any atom is -0.313 e. The molecule has 0 amide bonds. The summed E-state index contributed by atoms with van der Waals surface area (Å²) in [6.45, 7) is 5.63. The van der Waals surface area contributed by atoms with Crippen LogP contribution in [0.4, 0.5) is 0 Å². The van der Waals surface area contributed by atoms with Crippen molar-refractivity contribution in [2.75, 3.05) is 6.54 Å². The average molecular weight is 328 g/mol. The second-order valence-electron chi connectivity index (χ2n) is 6.35. The summed E-state index contributed by atoms with van der Waals surface area (Å²) in [6.07, 6.45) is 7.61. The summed E-state index contributed by atoms with van der Waals surface area (Å²) in [4.78, 5) is 0. The van der Waals surface area contributed by atoms with Crippen LogP contribution in [0.1, 0.15) is 51.5 Å². The van der Waals surface area contributed by atoms with Gasteiger partial charge in [-0.3, -0.25) is 0 Å². The number of nitrogens with one attached hydrogen (secondary N) is 1. The van der Waals surface area contributed by atoms with Crippen LogP contribution in [0.15, 0.2) is 18.2 Å². The predicted octanol–water partition coefficient (Wildman–Crippen LogP) is 5.73. The van der Waals surface area contributed by atoms with Gasteiger partial charge in [-0.15, -0.1) is 0 Å². The maximum absolute atomic E-state index is 6.36. The average Bonchev–Trinajstić information content (AvgIpc) is 2.94. The summed E-state index contributed by atoms with van der Waals surface area (Å²) in [5.41, 5.74) is 1.22. The van der Waals surface area contributed by atoms with Crippen molar-refractivity contribution in [1.29, 1.82) is 0 Å². The molecule has 3 unspecified atom stereocenters. The molecular weight excluding hydrogens is 301 g/mol. The molecule has 0 aromatic heterocycles. The molecule has 0 aliphatic heterocycles. The summed E-state index contributed by atoms with van der Waals surface area (Å²) in [5.74, 6) is 1.70. The Bertz CT molecular complexity index is 447. The van der Waals surface area contributed by atoms with Gasteiger partial charge >= 0.3 is 0 Å². The molecule has 3 heteroatoms. The Morgan fingerprint density at radius 2 is 2.05 bits per heavy atom. The van der Waals surface area contributed by atoms with Gasteiger partial charge in [0, 0.05) is 16.1 Å². The van der Waals surface area contributed by atoms with E-state index in [0.717, 1.165) is 29.8 Å². The van der Waals surface area contributed by atoms with E-state index in [2.05, 4.69) is 25.2 Å². The van der Waals surface area contributed by atoms with Crippen molar-refractivity contribution in [3.05, 3.63) is 33.8 Å². The van der Waals surface area contributed by atoms with Crippen molar-refractivity contribution in [3.8, 4) is 0 Å². The third-order valence-corrected chi connectivity index (χ3v) is 5.43. The molecule has 1 saturated carbocycles. The normalized spacial score (nSPS) is 23.4. The van der Waals surface area contributed by atoms with E-state index in [1.165, 1.54) is 37.7 Å². The summed E-state index contributed by atoms with van der Waals surface area (Å²) in [7, 11) is 0. The maximum Gasteiger partial charge on any atom is 0.0453 e. The lowest BCUT2D eigenvalue weighted by atomic mass is 9.90. The lowest BCUT2D eigenvalue weighted by molar-refractivity contribution is 0.344. The van der Waals surface area contributed by atoms with E-state index in [1.807, 2.05) is 12.1 Å². The second-order valence-corrected chi connectivity index (χ2v) is 7.19. The van der Waals surface area contributed by atoms with Crippen molar-refractivity contribution < 1.29 is 0 Å². The van der Waals surface area contributed by atoms with Crippen LogP contribution >= 0.6 is 23.2 Å². The van der Waals surface area contributed by atoms with Gasteiger partial charge in [-0.1, -0.05) is 56.0 Å². The monoisotopic (exact) mass is 327 g/mol. The van der Waals surface area contributed by atoms with E-state index >= 15 is 0 Å². The number of hydrogen-bond acceptors (Lipinski definition) is 1. The molecule has 0 spiro atoms. The van der Waals surface area contributed by atoms with Gasteiger partial charge in [0.1, 0.15) is 0 Å². The van der Waals surface area contributed by atoms with Gasteiger partial charge in [-0.25, -0.2) is 0 Å². The van der Waals surface area contributed by atoms with Crippen LogP contribution in [0.2, 0.25) is 10.0 Å². The van der Waals surface area contributed by atoms with E-state index in [1.54, 1.807) is 0 Å². The van der Waals surface area contributed by atoms with E-state index in [4.69, 9.17) is 23.2 Å². The number of rotatable bonds is 7. The molecule has 1 N–H and O–H groups in total. The molecule has 0 bridgehead atoms. The number of hydrogen-bond donors (Lipinski definition) is 1. The maximum atomic E-state index is 6.36. The molecule has 1 aliphatic carbocycles. The largest absolute Gasteiger partial charge is 0.313 e. The third-order valence-electron chi connectivity index (χ3n) is 4.84. The number of halogens is 2. The van der Waals surface area contributed by atoms with Gasteiger partial charge in [-0.05, 0) is 61.8 Å². The zero-order chi connectivity index (χ0) is 15.2. The van der Waals surface area contributed by atoms with E-state index in [9.17, 15) is 0 Å². The van der Waals surface area contributed by atoms with Crippen LogP contribution in [-0.2, 0) is 6.42 Å². The zero-order valence-electron chi connectivity index (χ0n) is 13.2. The zero-order valence-corrected chi connectivity index (χ0v) is 14.7. The quantitative estimate of drug-likeness (QED) is 0.674. The van der Waals surface area contributed by atoms with Crippen LogP contribution in [0, 0.1) is 11.8 Å². The van der Waals surface area contributed by atoms with Gasteiger partial charge in [0.05, 0.1) is 0 Å². The Labute approximate surface area is 139 Å². The van der Waals surface area contributed by atoms with Gasteiger partial charge in [0.2, 0.25) is 0 Å². The standard InChI is InChI=1S/C18H27Cl2N/c1-3-9-21-18(15-6-5-13(4-2)10-15)11-14-7-8-16(19)12-17(14)20/h7-8,12-13,15,18,21H,3-6,9-11H2,1-2H3. The highest BCUT2D eigenvalue weighted by molar-refractivity contribution is 6.35. The highest BCUT2D eigenvalue weighted by atomic mass is 35.5. The molecule has 0 radical (unpaired) electrons. The highest BCUT2D eigenvalue weighted by Gasteiger charge is 2.30. The molecule has 1 aromatic carbocycles. The minimum absolute atomic E-state index is 0.542. The first kappa shape index (κ1) is 17.1. The van der Waals surface area contributed by atoms with Crippen molar-refractivity contribution in [3.63, 3.8) is 0 Å². The summed E-state index contributed by atoms with van der Waals surface area (Å²) in [6, 6.07) is 6.43. The molecule has 1 fully saturated rings. The van der Waals surface area contributed by atoms with Crippen LogP contribution in [0.3, 0.4) is 0 Å². The molecule has 0 saturated heterocycles. The van der Waals surface area contributed by atoms with Gasteiger partial charge in [-0.2, -0.15) is 0 Å². The predicted molar refractivity (Wildman–Crippen MR) is 93.4 cm³/mol. The Kier molecular flexibility index (Phi) is 6.85. The van der Waals surface area contributed by atoms with E-state index < -0.39 is 0 Å². The minimum atomic E-state index is 0.542. The Balaban J connectivity index is 2.05. The first-order chi connectivity index (χ1) is 10.1. The van der Waals surface area contributed by atoms with Crippen LogP contribution < -0.4 is 5.32 Å². The van der Waals surface area contributed by atoms with Gasteiger partial charge < -0.3 is 5.32 Å². The Hall–Kier alpha value is -0.240. The SMILES string of the molecule is CCCNC(Cc1ccc(Cl)cc1Cl)C1CCC(CC)C1. The molecule has 0 heterocycles. The summed E-state index contributed by atoms with van der Waals surface area (Å²) in [5, 5.41) is 5.27. The van der Waals surface area contributed by atoms with Gasteiger partial charge in [0.15, 0.2) is 0 Å². The van der Waals surface area contributed by atoms with Crippen LogP contribution in [0.5, 0.6) is 0 Å². The summed E-state index contributed by atoms with van der Waals surface area (Å²) < 4.78 is 0. The molecule has 1 aromatic rings. The first-order valence-corrected chi connectivity index (χ1v) is 9.06. The fourth-order valence-electron chi connectivity index (χ4n) is 3.51. The first-order valence-electron chi connectivity index (χ1n) is 8.31. The van der Waals surface area contributed by atoms with Crippen molar-refractivity contribution >= 4 is 23.2 Å². The molecule has 1 aliphatic rings. The Morgan fingerprint density at radius 3 is 2.67 bits per heavy atom. The third kappa shape index (κ3) is 4.87. The Morgan fingerprint density at radius 1 is 1.24 bits per heavy atom. The van der Waals surface area contributed by atoms with Crippen molar-refractivity contribution in [2.24, 2.45) is 11.8 Å². The summed E-state index contributed by atoms with van der Waals surface area (Å²) >= 11 is 12.4. The molecule has 2 rings (SSSR count). The van der Waals surface area contributed by atoms with E-state index in [0.29, 0.717) is 11.1 Å². The molecule has 21 heavy (non-hydrogen) atoms. The van der Waals surface area contributed by atoms with Gasteiger partial charge in [0.25, 0.3) is 0 Å². The lowest BCUT2D eigenvalue weighted by Gasteiger charge is -2.26.